The van der Waals surface area contributed by atoms with E-state index in [9.17, 15) is 4.79 Å². The predicted octanol–water partition coefficient (Wildman–Crippen LogP) is -3.70. The van der Waals surface area contributed by atoms with Crippen LogP contribution in [0.1, 0.15) is 0 Å². The average molecular weight is 109 g/mol. The molecule has 1 saturated heterocycles. The van der Waals surface area contributed by atoms with Gasteiger partial charge in [-0.05, 0) is 0 Å². The Morgan fingerprint density at radius 2 is 1.71 bits per heavy atom. The van der Waals surface area contributed by atoms with E-state index in [0.717, 1.165) is 13.1 Å². The zero-order valence-corrected chi connectivity index (χ0v) is 6.32. The largest absolute Gasteiger partial charge is 1.00 e. The molecule has 0 unspecified atom stereocenters. The summed E-state index contributed by atoms with van der Waals surface area (Å²) in [7, 11) is 0. The average Bonchev–Trinajstić information content (AvgIpc) is 1.86. The number of hydrogen-bond acceptors (Lipinski definition) is 1. The van der Waals surface area contributed by atoms with Crippen LogP contribution in [0.15, 0.2) is 0 Å². The first-order chi connectivity index (χ1) is 2.89. The van der Waals surface area contributed by atoms with Crippen molar-refractivity contribution < 1.29 is 34.4 Å². The zero-order chi connectivity index (χ0) is 4.41. The molecule has 0 saturated carbocycles. The van der Waals surface area contributed by atoms with Crippen LogP contribution >= 0.6 is 0 Å². The van der Waals surface area contributed by atoms with Gasteiger partial charge in [0.05, 0.1) is 0 Å². The Hall–Kier alpha value is 0.270. The van der Waals surface area contributed by atoms with Gasteiger partial charge in [0.2, 0.25) is 0 Å². The van der Waals surface area contributed by atoms with Gasteiger partial charge in [-0.1, -0.05) is 0 Å². The number of carbonyl (C=O) groups is 1. The van der Waals surface area contributed by atoms with Crippen LogP contribution in [0, 0.1) is 0 Å². The van der Waals surface area contributed by atoms with Crippen molar-refractivity contribution in [3.63, 3.8) is 0 Å². The monoisotopic (exact) mass is 109 g/mol. The Morgan fingerprint density at radius 1 is 1.29 bits per heavy atom. The molecule has 1 fully saturated rings. The molecule has 0 aliphatic carbocycles. The first kappa shape index (κ1) is 7.27. The molecule has 0 bridgehead atoms. The third-order valence-corrected chi connectivity index (χ3v) is 0.696. The Morgan fingerprint density at radius 3 is 1.86 bits per heavy atom. The van der Waals surface area contributed by atoms with Crippen LogP contribution in [0.3, 0.4) is 0 Å². The summed E-state index contributed by atoms with van der Waals surface area (Å²) in [5.74, 6) is 0. The summed E-state index contributed by atoms with van der Waals surface area (Å²) in [5, 5.41) is 5.14. The molecule has 0 aromatic heterocycles. The van der Waals surface area contributed by atoms with Crippen LogP contribution in [0.2, 0.25) is 0 Å². The molecule has 1 aliphatic rings. The van der Waals surface area contributed by atoms with Crippen LogP contribution in [0.25, 0.3) is 0 Å². The maximum absolute atomic E-state index is 10.0. The Kier molecular flexibility index (Phi) is 3.42. The molecular weight excluding hydrogens is 103 g/mol. The van der Waals surface area contributed by atoms with Crippen LogP contribution in [0.4, 0.5) is 4.79 Å². The second-order valence-corrected chi connectivity index (χ2v) is 1.18. The van der Waals surface area contributed by atoms with Gasteiger partial charge in [0, 0.05) is 13.1 Å². The van der Waals surface area contributed by atoms with Crippen molar-refractivity contribution in [3.8, 4) is 0 Å². The van der Waals surface area contributed by atoms with Crippen LogP contribution in [-0.2, 0) is 0 Å². The summed E-state index contributed by atoms with van der Waals surface area (Å²) >= 11 is 0. The molecule has 0 aromatic rings. The Balaban J connectivity index is 0.000000360. The van der Waals surface area contributed by atoms with Crippen LogP contribution in [0.5, 0.6) is 0 Å². The molecule has 0 aromatic carbocycles. The molecule has 1 aliphatic heterocycles. The summed E-state index contributed by atoms with van der Waals surface area (Å²) in [6, 6.07) is -0.0463. The molecular formula is C3H6N2NaO+. The summed E-state index contributed by atoms with van der Waals surface area (Å²) in [4.78, 5) is 10.0. The number of hydrogen-bond donors (Lipinski definition) is 2. The van der Waals surface area contributed by atoms with E-state index in [1.807, 2.05) is 0 Å². The van der Waals surface area contributed by atoms with Crippen molar-refractivity contribution in [1.82, 2.24) is 10.6 Å². The Bertz CT molecular complexity index is 67.3. The number of carbonyl (C=O) groups excluding carboxylic acids is 1. The van der Waals surface area contributed by atoms with Crippen molar-refractivity contribution >= 4 is 6.03 Å². The van der Waals surface area contributed by atoms with E-state index in [1.54, 1.807) is 0 Å². The van der Waals surface area contributed by atoms with Gasteiger partial charge >= 0.3 is 35.6 Å². The minimum Gasteiger partial charge on any atom is -0.336 e. The molecule has 1 heterocycles. The quantitative estimate of drug-likeness (QED) is 0.309. The first-order valence-corrected chi connectivity index (χ1v) is 1.91. The van der Waals surface area contributed by atoms with Gasteiger partial charge in [0.15, 0.2) is 0 Å². The molecule has 2 N–H and O–H groups in total. The van der Waals surface area contributed by atoms with Gasteiger partial charge in [-0.3, -0.25) is 0 Å². The minimum absolute atomic E-state index is 0. The maximum atomic E-state index is 10.0. The summed E-state index contributed by atoms with van der Waals surface area (Å²) in [5.41, 5.74) is 0. The molecule has 2 amide bonds. The molecule has 0 atom stereocenters. The summed E-state index contributed by atoms with van der Waals surface area (Å²) < 4.78 is 0. The maximum Gasteiger partial charge on any atom is 1.00 e. The predicted molar refractivity (Wildman–Crippen MR) is 21.4 cm³/mol. The van der Waals surface area contributed by atoms with Gasteiger partial charge < -0.3 is 10.6 Å². The molecule has 0 radical (unpaired) electrons. The smallest absolute Gasteiger partial charge is 0.336 e. The van der Waals surface area contributed by atoms with E-state index < -0.39 is 0 Å². The molecule has 4 heteroatoms. The van der Waals surface area contributed by atoms with Crippen molar-refractivity contribution in [2.24, 2.45) is 0 Å². The van der Waals surface area contributed by atoms with E-state index >= 15 is 0 Å². The molecule has 1 rings (SSSR count). The third-order valence-electron chi connectivity index (χ3n) is 0.696. The van der Waals surface area contributed by atoms with E-state index in [1.165, 1.54) is 0 Å². The standard InChI is InChI=1S/C3H6N2O.Na/c6-3-4-1-2-5-3;/h1-2H2,(H2,4,5,6);/q;+1. The third kappa shape index (κ3) is 2.16. The van der Waals surface area contributed by atoms with Crippen molar-refractivity contribution in [1.29, 1.82) is 0 Å². The summed E-state index contributed by atoms with van der Waals surface area (Å²) in [6.07, 6.45) is 0. The molecule has 0 spiro atoms. The number of amides is 2. The fourth-order valence-corrected chi connectivity index (χ4v) is 0.415. The van der Waals surface area contributed by atoms with Gasteiger partial charge in [-0.2, -0.15) is 0 Å². The normalized spacial score (nSPS) is 16.9. The number of rotatable bonds is 0. The van der Waals surface area contributed by atoms with E-state index in [0.29, 0.717) is 0 Å². The fourth-order valence-electron chi connectivity index (χ4n) is 0.415. The van der Waals surface area contributed by atoms with E-state index in [-0.39, 0.29) is 35.6 Å². The Labute approximate surface area is 64.1 Å². The van der Waals surface area contributed by atoms with Crippen LogP contribution < -0.4 is 40.2 Å². The fraction of sp³-hybridized carbons (Fsp3) is 0.667. The summed E-state index contributed by atoms with van der Waals surface area (Å²) in [6.45, 7) is 1.55. The number of urea groups is 1. The van der Waals surface area contributed by atoms with E-state index in [2.05, 4.69) is 10.6 Å². The van der Waals surface area contributed by atoms with Gasteiger partial charge in [-0.15, -0.1) is 0 Å². The first-order valence-electron chi connectivity index (χ1n) is 1.91. The van der Waals surface area contributed by atoms with Crippen molar-refractivity contribution in [2.75, 3.05) is 13.1 Å². The zero-order valence-electron chi connectivity index (χ0n) is 4.32. The minimum atomic E-state index is -0.0463. The van der Waals surface area contributed by atoms with E-state index in [4.69, 9.17) is 0 Å². The topological polar surface area (TPSA) is 41.1 Å². The van der Waals surface area contributed by atoms with Gasteiger partial charge in [-0.25, -0.2) is 4.79 Å². The molecule has 7 heavy (non-hydrogen) atoms. The van der Waals surface area contributed by atoms with Crippen LogP contribution in [-0.4, -0.2) is 19.1 Å². The second-order valence-electron chi connectivity index (χ2n) is 1.18. The van der Waals surface area contributed by atoms with Gasteiger partial charge in [0.25, 0.3) is 0 Å². The number of nitrogens with one attached hydrogen (secondary N) is 2. The van der Waals surface area contributed by atoms with Gasteiger partial charge in [0.1, 0.15) is 0 Å². The SMILES string of the molecule is O=C1NCCN1.[Na+]. The molecule has 34 valence electrons. The molecule has 3 nitrogen and oxygen atoms in total. The van der Waals surface area contributed by atoms with Crippen molar-refractivity contribution in [2.45, 2.75) is 0 Å². The second kappa shape index (κ2) is 3.29. The van der Waals surface area contributed by atoms with Crippen molar-refractivity contribution in [3.05, 3.63) is 0 Å².